The summed E-state index contributed by atoms with van der Waals surface area (Å²) in [5, 5.41) is 3.66. The van der Waals surface area contributed by atoms with Crippen molar-refractivity contribution in [2.24, 2.45) is 0 Å². The molecule has 4 rings (SSSR count). The molecule has 2 aromatic heterocycles. The molecular formula is C23H22ClN5O. The summed E-state index contributed by atoms with van der Waals surface area (Å²) in [4.78, 5) is 26.2. The fraction of sp³-hybridized carbons (Fsp3) is 0.217. The van der Waals surface area contributed by atoms with Gasteiger partial charge in [-0.3, -0.25) is 4.79 Å². The van der Waals surface area contributed by atoms with E-state index in [2.05, 4.69) is 33.7 Å². The van der Waals surface area contributed by atoms with Crippen LogP contribution in [0.4, 0.5) is 0 Å². The smallest absolute Gasteiger partial charge is 0.254 e. The predicted octanol–water partition coefficient (Wildman–Crippen LogP) is 5.22. The van der Waals surface area contributed by atoms with E-state index in [4.69, 9.17) is 16.6 Å². The van der Waals surface area contributed by atoms with E-state index < -0.39 is 0 Å². The second-order valence-electron chi connectivity index (χ2n) is 7.42. The Morgan fingerprint density at radius 1 is 1.00 bits per heavy atom. The highest BCUT2D eigenvalue weighted by Crippen LogP contribution is 2.25. The summed E-state index contributed by atoms with van der Waals surface area (Å²) >= 11 is 5.92. The van der Waals surface area contributed by atoms with Crippen molar-refractivity contribution in [3.05, 3.63) is 77.3 Å². The van der Waals surface area contributed by atoms with E-state index >= 15 is 0 Å². The number of hydrogen-bond acceptors (Lipinski definition) is 4. The summed E-state index contributed by atoms with van der Waals surface area (Å²) in [6, 6.07) is 15.2. The Hall–Kier alpha value is -3.25. The van der Waals surface area contributed by atoms with Crippen LogP contribution in [0.15, 0.2) is 60.9 Å². The topological polar surface area (TPSA) is 72.7 Å². The van der Waals surface area contributed by atoms with Crippen molar-refractivity contribution in [3.8, 4) is 11.4 Å². The first-order valence-corrected chi connectivity index (χ1v) is 10.2. The second-order valence-corrected chi connectivity index (χ2v) is 7.86. The number of hydrogen-bond donors (Lipinski definition) is 1. The molecule has 2 aromatic carbocycles. The van der Waals surface area contributed by atoms with Crippen LogP contribution < -0.4 is 5.32 Å². The molecule has 0 fully saturated rings. The van der Waals surface area contributed by atoms with Gasteiger partial charge in [0.15, 0.2) is 5.82 Å². The van der Waals surface area contributed by atoms with E-state index in [1.54, 1.807) is 12.1 Å². The Morgan fingerprint density at radius 3 is 2.33 bits per heavy atom. The van der Waals surface area contributed by atoms with Crippen molar-refractivity contribution in [1.29, 1.82) is 0 Å². The Balaban J connectivity index is 1.55. The van der Waals surface area contributed by atoms with E-state index in [0.29, 0.717) is 16.4 Å². The van der Waals surface area contributed by atoms with Gasteiger partial charge in [-0.25, -0.2) is 15.0 Å². The zero-order valence-electron chi connectivity index (χ0n) is 17.0. The number of imidazole rings is 1. The Bertz CT molecular complexity index is 1180. The molecule has 0 saturated heterocycles. The summed E-state index contributed by atoms with van der Waals surface area (Å²) < 4.78 is 2.15. The number of fused-ring (bicyclic) bond motifs is 1. The minimum absolute atomic E-state index is 0.216. The number of nitrogens with zero attached hydrogens (tertiary/aromatic N) is 4. The average molecular weight is 420 g/mol. The first kappa shape index (κ1) is 20.0. The van der Waals surface area contributed by atoms with Gasteiger partial charge in [0.05, 0.1) is 22.6 Å². The summed E-state index contributed by atoms with van der Waals surface area (Å²) in [7, 11) is 0. The quantitative estimate of drug-likeness (QED) is 0.481. The molecule has 30 heavy (non-hydrogen) atoms. The van der Waals surface area contributed by atoms with Crippen molar-refractivity contribution in [2.45, 2.75) is 32.9 Å². The maximum atomic E-state index is 12.8. The van der Waals surface area contributed by atoms with Crippen molar-refractivity contribution in [1.82, 2.24) is 24.8 Å². The summed E-state index contributed by atoms with van der Waals surface area (Å²) in [5.41, 5.74) is 3.20. The third-order valence-electron chi connectivity index (χ3n) is 4.89. The molecule has 4 aromatic rings. The number of nitrogens with one attached hydrogen (secondary N) is 1. The third-order valence-corrected chi connectivity index (χ3v) is 5.14. The van der Waals surface area contributed by atoms with Gasteiger partial charge in [-0.2, -0.15) is 0 Å². The van der Waals surface area contributed by atoms with E-state index in [9.17, 15) is 4.79 Å². The van der Waals surface area contributed by atoms with Crippen LogP contribution >= 0.6 is 11.6 Å². The minimum Gasteiger partial charge on any atom is -0.342 e. The molecule has 1 N–H and O–H groups in total. The Labute approximate surface area is 180 Å². The van der Waals surface area contributed by atoms with Crippen LogP contribution in [0.2, 0.25) is 5.02 Å². The number of benzene rings is 2. The first-order valence-electron chi connectivity index (χ1n) is 9.79. The third kappa shape index (κ3) is 3.91. The van der Waals surface area contributed by atoms with E-state index in [0.717, 1.165) is 22.4 Å². The molecule has 0 aliphatic rings. The van der Waals surface area contributed by atoms with Gasteiger partial charge in [0.25, 0.3) is 5.91 Å². The molecule has 0 aliphatic carbocycles. The number of para-hydroxylation sites is 2. The van der Waals surface area contributed by atoms with Gasteiger partial charge in [0.1, 0.15) is 5.82 Å². The molecule has 0 aliphatic heterocycles. The van der Waals surface area contributed by atoms with Crippen LogP contribution in [0, 0.1) is 0 Å². The maximum absolute atomic E-state index is 12.8. The van der Waals surface area contributed by atoms with E-state index in [1.807, 2.05) is 43.3 Å². The molecule has 7 heteroatoms. The molecule has 2 heterocycles. The number of amides is 1. The van der Waals surface area contributed by atoms with Gasteiger partial charge in [-0.15, -0.1) is 0 Å². The fourth-order valence-corrected chi connectivity index (χ4v) is 3.58. The normalized spacial score (nSPS) is 12.3. The predicted molar refractivity (Wildman–Crippen MR) is 118 cm³/mol. The largest absolute Gasteiger partial charge is 0.342 e. The lowest BCUT2D eigenvalue weighted by Crippen LogP contribution is -2.29. The summed E-state index contributed by atoms with van der Waals surface area (Å²) in [6.07, 6.45) is 3.06. The minimum atomic E-state index is -0.275. The van der Waals surface area contributed by atoms with E-state index in [-0.39, 0.29) is 18.0 Å². The van der Waals surface area contributed by atoms with Crippen LogP contribution in [0.3, 0.4) is 0 Å². The molecule has 6 nitrogen and oxygen atoms in total. The van der Waals surface area contributed by atoms with Crippen molar-refractivity contribution in [2.75, 3.05) is 0 Å². The summed E-state index contributed by atoms with van der Waals surface area (Å²) in [6.45, 7) is 6.14. The number of aromatic nitrogens is 4. The van der Waals surface area contributed by atoms with E-state index in [1.165, 1.54) is 12.4 Å². The lowest BCUT2D eigenvalue weighted by molar-refractivity contribution is 0.0936. The molecule has 0 radical (unpaired) electrons. The van der Waals surface area contributed by atoms with Crippen LogP contribution in [0.1, 0.15) is 49.0 Å². The lowest BCUT2D eigenvalue weighted by Gasteiger charge is -2.18. The first-order chi connectivity index (χ1) is 14.4. The van der Waals surface area contributed by atoms with Crippen LogP contribution in [0.5, 0.6) is 0 Å². The number of rotatable bonds is 5. The molecule has 152 valence electrons. The highest BCUT2D eigenvalue weighted by molar-refractivity contribution is 6.30. The number of carbonyl (C=O) groups is 1. The Morgan fingerprint density at radius 2 is 1.67 bits per heavy atom. The molecule has 0 spiro atoms. The van der Waals surface area contributed by atoms with Crippen molar-refractivity contribution >= 4 is 28.5 Å². The number of carbonyl (C=O) groups excluding carboxylic acids is 1. The van der Waals surface area contributed by atoms with Gasteiger partial charge < -0.3 is 9.88 Å². The lowest BCUT2D eigenvalue weighted by atomic mass is 10.2. The molecular weight excluding hydrogens is 398 g/mol. The Kier molecular flexibility index (Phi) is 5.50. The zero-order chi connectivity index (χ0) is 21.3. The molecule has 0 unspecified atom stereocenters. The van der Waals surface area contributed by atoms with Crippen LogP contribution in [-0.2, 0) is 0 Å². The number of halogens is 1. The van der Waals surface area contributed by atoms with Crippen LogP contribution in [0.25, 0.3) is 22.4 Å². The molecule has 0 bridgehead atoms. The van der Waals surface area contributed by atoms with Crippen LogP contribution in [-0.4, -0.2) is 25.4 Å². The molecule has 0 saturated carbocycles. The monoisotopic (exact) mass is 419 g/mol. The average Bonchev–Trinajstić information content (AvgIpc) is 3.14. The standard InChI is InChI=1S/C23H22ClN5O/c1-14(2)29-20-7-5-4-6-19(20)28-22(29)15(3)27-23(30)17-12-25-21(26-13-17)16-8-10-18(24)11-9-16/h4-15H,1-3H3,(H,27,30)/t15-/m0/s1. The SMILES string of the molecule is CC(C)n1c([C@H](C)NC(=O)c2cnc(-c3ccc(Cl)cc3)nc2)nc2ccccc21. The van der Waals surface area contributed by atoms with Crippen molar-refractivity contribution in [3.63, 3.8) is 0 Å². The zero-order valence-corrected chi connectivity index (χ0v) is 17.8. The maximum Gasteiger partial charge on any atom is 0.254 e. The van der Waals surface area contributed by atoms with Gasteiger partial charge in [-0.1, -0.05) is 23.7 Å². The molecule has 1 atom stereocenters. The molecule has 1 amide bonds. The van der Waals surface area contributed by atoms with Gasteiger partial charge >= 0.3 is 0 Å². The van der Waals surface area contributed by atoms with Crippen molar-refractivity contribution < 1.29 is 4.79 Å². The second kappa shape index (κ2) is 8.24. The summed E-state index contributed by atoms with van der Waals surface area (Å²) in [5.74, 6) is 1.11. The van der Waals surface area contributed by atoms with Gasteiger partial charge in [0, 0.05) is 29.0 Å². The van der Waals surface area contributed by atoms with Gasteiger partial charge in [-0.05, 0) is 57.2 Å². The van der Waals surface area contributed by atoms with Gasteiger partial charge in [0.2, 0.25) is 0 Å². The highest BCUT2D eigenvalue weighted by atomic mass is 35.5. The highest BCUT2D eigenvalue weighted by Gasteiger charge is 2.20. The fourth-order valence-electron chi connectivity index (χ4n) is 3.45.